The lowest BCUT2D eigenvalue weighted by Gasteiger charge is -2.33. The zero-order valence-electron chi connectivity index (χ0n) is 15.3. The second-order valence-corrected chi connectivity index (χ2v) is 7.86. The van der Waals surface area contributed by atoms with E-state index >= 15 is 0 Å². The van der Waals surface area contributed by atoms with Crippen LogP contribution in [0.15, 0.2) is 24.3 Å². The fourth-order valence-corrected chi connectivity index (χ4v) is 4.96. The van der Waals surface area contributed by atoms with E-state index in [1.54, 1.807) is 7.11 Å². The number of aldehydes is 1. The van der Waals surface area contributed by atoms with E-state index in [2.05, 4.69) is 4.98 Å². The molecule has 1 aliphatic heterocycles. The molecular formula is C21H26N2O3. The Labute approximate surface area is 153 Å². The highest BCUT2D eigenvalue weighted by Crippen LogP contribution is 2.47. The third-order valence-electron chi connectivity index (χ3n) is 6.23. The van der Waals surface area contributed by atoms with E-state index in [4.69, 9.17) is 4.74 Å². The van der Waals surface area contributed by atoms with Crippen LogP contribution >= 0.6 is 0 Å². The Morgan fingerprint density at radius 2 is 2.15 bits per heavy atom. The van der Waals surface area contributed by atoms with Crippen LogP contribution in [0.4, 0.5) is 0 Å². The number of H-pyrrole nitrogens is 1. The molecule has 5 heteroatoms. The third kappa shape index (κ3) is 2.89. The van der Waals surface area contributed by atoms with Gasteiger partial charge in [0.15, 0.2) is 0 Å². The number of fused-ring (bicyclic) bond motifs is 1. The van der Waals surface area contributed by atoms with E-state index < -0.39 is 0 Å². The van der Waals surface area contributed by atoms with Crippen LogP contribution in [0.1, 0.15) is 55.4 Å². The number of hydrogen-bond donors (Lipinski definition) is 1. The van der Waals surface area contributed by atoms with Gasteiger partial charge in [0.05, 0.1) is 7.11 Å². The molecule has 26 heavy (non-hydrogen) atoms. The Bertz CT molecular complexity index is 820. The molecule has 1 saturated carbocycles. The maximum atomic E-state index is 13.3. The number of ether oxygens (including phenoxy) is 1. The largest absolute Gasteiger partial charge is 0.496 e. The molecule has 2 heterocycles. The number of benzene rings is 1. The zero-order valence-corrected chi connectivity index (χ0v) is 15.3. The highest BCUT2D eigenvalue weighted by Gasteiger charge is 2.46. The summed E-state index contributed by atoms with van der Waals surface area (Å²) in [7, 11) is 1.64. The van der Waals surface area contributed by atoms with Crippen LogP contribution in [0.2, 0.25) is 0 Å². The third-order valence-corrected chi connectivity index (χ3v) is 6.23. The first kappa shape index (κ1) is 17.1. The monoisotopic (exact) mass is 354 g/mol. The van der Waals surface area contributed by atoms with Crippen molar-refractivity contribution in [3.8, 4) is 5.75 Å². The van der Waals surface area contributed by atoms with Crippen LogP contribution in [-0.2, 0) is 4.79 Å². The van der Waals surface area contributed by atoms with Crippen molar-refractivity contribution in [1.29, 1.82) is 0 Å². The lowest BCUT2D eigenvalue weighted by Crippen LogP contribution is -2.37. The van der Waals surface area contributed by atoms with Crippen molar-refractivity contribution in [3.63, 3.8) is 0 Å². The van der Waals surface area contributed by atoms with Crippen LogP contribution in [0.3, 0.4) is 0 Å². The summed E-state index contributed by atoms with van der Waals surface area (Å²) in [5, 5.41) is 0.914. The number of carbonyl (C=O) groups excluding carboxylic acids is 2. The average molecular weight is 354 g/mol. The molecule has 1 aromatic carbocycles. The first-order valence-corrected chi connectivity index (χ1v) is 9.56. The number of aromatic amines is 1. The normalized spacial score (nSPS) is 22.0. The highest BCUT2D eigenvalue weighted by atomic mass is 16.5. The molecule has 1 spiro atoms. The maximum absolute atomic E-state index is 13.3. The molecule has 1 aromatic heterocycles. The van der Waals surface area contributed by atoms with Gasteiger partial charge < -0.3 is 19.4 Å². The van der Waals surface area contributed by atoms with Gasteiger partial charge in [-0.1, -0.05) is 25.3 Å². The molecule has 1 amide bonds. The number of amides is 1. The molecule has 1 aliphatic carbocycles. The summed E-state index contributed by atoms with van der Waals surface area (Å²) in [5.74, 6) is 0.755. The smallest absolute Gasteiger partial charge is 0.270 e. The molecule has 5 nitrogen and oxygen atoms in total. The SMILES string of the molecule is COc1cccc2[nH]c(C(=O)N3CC4(CCCCC4)CC3CC=O)cc12. The van der Waals surface area contributed by atoms with Crippen LogP contribution in [0, 0.1) is 5.41 Å². The minimum atomic E-state index is -0.00227. The molecular weight excluding hydrogens is 328 g/mol. The standard InChI is InChI=1S/C21H26N2O3/c1-26-19-7-5-6-17-16(19)12-18(22-17)20(25)23-14-21(9-3-2-4-10-21)13-15(23)8-11-24/h5-7,11-12,15,22H,2-4,8-10,13-14H2,1H3. The number of rotatable bonds is 4. The van der Waals surface area contributed by atoms with Crippen LogP contribution < -0.4 is 4.74 Å². The van der Waals surface area contributed by atoms with Crippen molar-refractivity contribution in [3.05, 3.63) is 30.0 Å². The van der Waals surface area contributed by atoms with E-state index in [0.29, 0.717) is 12.1 Å². The summed E-state index contributed by atoms with van der Waals surface area (Å²) in [6.45, 7) is 0.775. The number of likely N-dealkylation sites (tertiary alicyclic amines) is 1. The van der Waals surface area contributed by atoms with Gasteiger partial charge in [0.2, 0.25) is 0 Å². The second kappa shape index (κ2) is 6.78. The molecule has 2 aliphatic rings. The Morgan fingerprint density at radius 3 is 2.88 bits per heavy atom. The van der Waals surface area contributed by atoms with Crippen LogP contribution in [0.25, 0.3) is 10.9 Å². The van der Waals surface area contributed by atoms with Crippen molar-refractivity contribution in [2.75, 3.05) is 13.7 Å². The van der Waals surface area contributed by atoms with Gasteiger partial charge in [-0.25, -0.2) is 0 Å². The molecule has 0 bridgehead atoms. The lowest BCUT2D eigenvalue weighted by atomic mass is 9.72. The first-order valence-electron chi connectivity index (χ1n) is 9.56. The number of hydrogen-bond acceptors (Lipinski definition) is 3. The van der Waals surface area contributed by atoms with Crippen molar-refractivity contribution in [2.24, 2.45) is 5.41 Å². The van der Waals surface area contributed by atoms with Gasteiger partial charge >= 0.3 is 0 Å². The number of nitrogens with one attached hydrogen (secondary N) is 1. The molecule has 2 aromatic rings. The van der Waals surface area contributed by atoms with E-state index in [-0.39, 0.29) is 17.4 Å². The number of aromatic nitrogens is 1. The highest BCUT2D eigenvalue weighted by molar-refractivity contribution is 6.00. The molecule has 1 unspecified atom stereocenters. The molecule has 1 atom stereocenters. The Balaban J connectivity index is 1.64. The Hall–Kier alpha value is -2.30. The predicted octanol–water partition coefficient (Wildman–Crippen LogP) is 3.93. The van der Waals surface area contributed by atoms with Crippen molar-refractivity contribution in [1.82, 2.24) is 9.88 Å². The van der Waals surface area contributed by atoms with Crippen molar-refractivity contribution < 1.29 is 14.3 Å². The summed E-state index contributed by atoms with van der Waals surface area (Å²) >= 11 is 0. The summed E-state index contributed by atoms with van der Waals surface area (Å²) in [6.07, 6.45) is 8.45. The molecule has 4 rings (SSSR count). The fraction of sp³-hybridized carbons (Fsp3) is 0.524. The van der Waals surface area contributed by atoms with Gasteiger partial charge in [-0.05, 0) is 42.9 Å². The molecule has 2 fully saturated rings. The van der Waals surface area contributed by atoms with E-state index in [1.165, 1.54) is 32.1 Å². The first-order chi connectivity index (χ1) is 12.7. The topological polar surface area (TPSA) is 62.4 Å². The molecule has 138 valence electrons. The van der Waals surface area contributed by atoms with Gasteiger partial charge in [0.1, 0.15) is 17.7 Å². The van der Waals surface area contributed by atoms with E-state index in [9.17, 15) is 9.59 Å². The average Bonchev–Trinajstić information content (AvgIpc) is 3.24. The predicted molar refractivity (Wildman–Crippen MR) is 100 cm³/mol. The minimum Gasteiger partial charge on any atom is -0.496 e. The van der Waals surface area contributed by atoms with Gasteiger partial charge in [-0.3, -0.25) is 4.79 Å². The maximum Gasteiger partial charge on any atom is 0.270 e. The minimum absolute atomic E-state index is 0.00227. The van der Waals surface area contributed by atoms with Gasteiger partial charge in [-0.2, -0.15) is 0 Å². The van der Waals surface area contributed by atoms with Crippen molar-refractivity contribution in [2.45, 2.75) is 51.0 Å². The van der Waals surface area contributed by atoms with E-state index in [1.807, 2.05) is 29.2 Å². The van der Waals surface area contributed by atoms with E-state index in [0.717, 1.165) is 35.9 Å². The quantitative estimate of drug-likeness (QED) is 0.846. The molecule has 1 N–H and O–H groups in total. The zero-order chi connectivity index (χ0) is 18.1. The van der Waals surface area contributed by atoms with Gasteiger partial charge in [-0.15, -0.1) is 0 Å². The van der Waals surface area contributed by atoms with Crippen LogP contribution in [-0.4, -0.2) is 41.8 Å². The summed E-state index contributed by atoms with van der Waals surface area (Å²) in [6, 6.07) is 7.65. The van der Waals surface area contributed by atoms with Crippen LogP contribution in [0.5, 0.6) is 5.75 Å². The number of methoxy groups -OCH3 is 1. The fourth-order valence-electron chi connectivity index (χ4n) is 4.96. The number of nitrogens with zero attached hydrogens (tertiary/aromatic N) is 1. The van der Waals surface area contributed by atoms with Crippen molar-refractivity contribution >= 4 is 23.1 Å². The summed E-state index contributed by atoms with van der Waals surface area (Å²) in [5.41, 5.74) is 1.69. The Morgan fingerprint density at radius 1 is 1.35 bits per heavy atom. The Kier molecular flexibility index (Phi) is 4.47. The second-order valence-electron chi connectivity index (χ2n) is 7.86. The van der Waals surface area contributed by atoms with Gasteiger partial charge in [0.25, 0.3) is 5.91 Å². The summed E-state index contributed by atoms with van der Waals surface area (Å²) < 4.78 is 5.40. The molecule has 1 saturated heterocycles. The molecule has 0 radical (unpaired) electrons. The summed E-state index contributed by atoms with van der Waals surface area (Å²) in [4.78, 5) is 29.6. The number of carbonyl (C=O) groups is 2. The lowest BCUT2D eigenvalue weighted by molar-refractivity contribution is -0.108. The van der Waals surface area contributed by atoms with Gasteiger partial charge in [0, 0.05) is 29.9 Å².